The zero-order chi connectivity index (χ0) is 20.3. The highest BCUT2D eigenvalue weighted by Gasteiger charge is 2.16. The topological polar surface area (TPSA) is 87.7 Å². The molecule has 148 valence electrons. The van der Waals surface area contributed by atoms with Crippen molar-refractivity contribution >= 4 is 33.4 Å². The molecule has 0 spiro atoms. The standard InChI is InChI=1S/C19H22N4O4S/c1-5-27-18(25)13-6-7-14-15(10-13)28-19(23(14)8-9-26-4)21-17(24)16-12(2)11-20-22(16)3/h6-7,10-11H,5,8-9H2,1-4H3. The van der Waals surface area contributed by atoms with Crippen LogP contribution in [0.5, 0.6) is 0 Å². The molecule has 8 nitrogen and oxygen atoms in total. The van der Waals surface area contributed by atoms with E-state index in [1.54, 1.807) is 39.4 Å². The number of esters is 1. The molecule has 0 aliphatic heterocycles. The number of rotatable bonds is 6. The fraction of sp³-hybridized carbons (Fsp3) is 0.368. The van der Waals surface area contributed by atoms with Crippen LogP contribution in [0.25, 0.3) is 10.2 Å². The van der Waals surface area contributed by atoms with Crippen LogP contribution in [0, 0.1) is 6.92 Å². The van der Waals surface area contributed by atoms with Crippen LogP contribution in [0.15, 0.2) is 29.4 Å². The van der Waals surface area contributed by atoms with E-state index in [-0.39, 0.29) is 11.9 Å². The highest BCUT2D eigenvalue weighted by atomic mass is 32.1. The van der Waals surface area contributed by atoms with Crippen molar-refractivity contribution in [1.82, 2.24) is 14.3 Å². The van der Waals surface area contributed by atoms with Crippen molar-refractivity contribution in [3.8, 4) is 0 Å². The maximum atomic E-state index is 12.7. The number of carbonyl (C=O) groups is 2. The summed E-state index contributed by atoms with van der Waals surface area (Å²) < 4.78 is 14.5. The summed E-state index contributed by atoms with van der Waals surface area (Å²) in [5, 5.41) is 4.10. The van der Waals surface area contributed by atoms with Crippen LogP contribution in [0.1, 0.15) is 33.3 Å². The molecule has 0 radical (unpaired) electrons. The number of methoxy groups -OCH3 is 1. The molecule has 0 fully saturated rings. The predicted octanol–water partition coefficient (Wildman–Crippen LogP) is 2.31. The first kappa shape index (κ1) is 20.0. The lowest BCUT2D eigenvalue weighted by atomic mass is 10.2. The van der Waals surface area contributed by atoms with Crippen molar-refractivity contribution in [3.05, 3.63) is 46.0 Å². The van der Waals surface area contributed by atoms with Crippen LogP contribution in [0.3, 0.4) is 0 Å². The van der Waals surface area contributed by atoms with E-state index in [1.807, 2.05) is 17.6 Å². The number of aryl methyl sites for hydroxylation is 2. The summed E-state index contributed by atoms with van der Waals surface area (Å²) in [5.74, 6) is -0.734. The van der Waals surface area contributed by atoms with Crippen LogP contribution in [-0.2, 0) is 23.1 Å². The summed E-state index contributed by atoms with van der Waals surface area (Å²) >= 11 is 1.34. The zero-order valence-corrected chi connectivity index (χ0v) is 17.1. The van der Waals surface area contributed by atoms with Gasteiger partial charge in [-0.05, 0) is 32.0 Å². The summed E-state index contributed by atoms with van der Waals surface area (Å²) in [6.45, 7) is 4.91. The van der Waals surface area contributed by atoms with Crippen LogP contribution >= 0.6 is 11.3 Å². The summed E-state index contributed by atoms with van der Waals surface area (Å²) in [6.07, 6.45) is 1.64. The van der Waals surface area contributed by atoms with Gasteiger partial charge in [0.25, 0.3) is 5.91 Å². The smallest absolute Gasteiger partial charge is 0.338 e. The summed E-state index contributed by atoms with van der Waals surface area (Å²) in [7, 11) is 3.33. The highest BCUT2D eigenvalue weighted by Crippen LogP contribution is 2.20. The first-order valence-corrected chi connectivity index (χ1v) is 9.65. The van der Waals surface area contributed by atoms with Crippen molar-refractivity contribution in [2.75, 3.05) is 20.3 Å². The van der Waals surface area contributed by atoms with Crippen LogP contribution in [0.4, 0.5) is 0 Å². The van der Waals surface area contributed by atoms with Gasteiger partial charge in [-0.15, -0.1) is 0 Å². The molecule has 2 aromatic heterocycles. The molecule has 9 heteroatoms. The van der Waals surface area contributed by atoms with E-state index in [0.717, 1.165) is 15.8 Å². The van der Waals surface area contributed by atoms with Gasteiger partial charge in [-0.25, -0.2) is 4.79 Å². The molecule has 0 saturated carbocycles. The second-order valence-electron chi connectivity index (χ2n) is 6.15. The average Bonchev–Trinajstić information content (AvgIpc) is 3.18. The lowest BCUT2D eigenvalue weighted by Gasteiger charge is -2.05. The minimum absolute atomic E-state index is 0.314. The van der Waals surface area contributed by atoms with E-state index in [2.05, 4.69) is 10.1 Å². The monoisotopic (exact) mass is 402 g/mol. The van der Waals surface area contributed by atoms with E-state index in [1.165, 1.54) is 16.0 Å². The molecule has 28 heavy (non-hydrogen) atoms. The lowest BCUT2D eigenvalue weighted by molar-refractivity contribution is 0.0526. The third-order valence-electron chi connectivity index (χ3n) is 4.23. The van der Waals surface area contributed by atoms with Crippen molar-refractivity contribution in [2.24, 2.45) is 12.0 Å². The second-order valence-corrected chi connectivity index (χ2v) is 7.16. The van der Waals surface area contributed by atoms with E-state index < -0.39 is 0 Å². The Kier molecular flexibility index (Phi) is 6.05. The fourth-order valence-electron chi connectivity index (χ4n) is 2.89. The molecule has 1 aromatic carbocycles. The van der Waals surface area contributed by atoms with Crippen LogP contribution in [0.2, 0.25) is 0 Å². The normalized spacial score (nSPS) is 11.9. The SMILES string of the molecule is CCOC(=O)c1ccc2c(c1)sc(=NC(=O)c1c(C)cnn1C)n2CCOC. The van der Waals surface area contributed by atoms with Gasteiger partial charge >= 0.3 is 5.97 Å². The lowest BCUT2D eigenvalue weighted by Crippen LogP contribution is -2.20. The Morgan fingerprint density at radius 2 is 2.11 bits per heavy atom. The molecule has 0 aliphatic carbocycles. The molecule has 2 heterocycles. The molecule has 0 unspecified atom stereocenters. The molecule has 3 aromatic rings. The van der Waals surface area contributed by atoms with E-state index in [0.29, 0.717) is 35.8 Å². The van der Waals surface area contributed by atoms with Gasteiger partial charge in [0.2, 0.25) is 0 Å². The highest BCUT2D eigenvalue weighted by molar-refractivity contribution is 7.16. The third-order valence-corrected chi connectivity index (χ3v) is 5.28. The number of aromatic nitrogens is 3. The van der Waals surface area contributed by atoms with E-state index in [4.69, 9.17) is 9.47 Å². The third kappa shape index (κ3) is 3.90. The molecule has 0 N–H and O–H groups in total. The predicted molar refractivity (Wildman–Crippen MR) is 105 cm³/mol. The minimum atomic E-state index is -0.374. The molecule has 0 bridgehead atoms. The first-order valence-electron chi connectivity index (χ1n) is 8.83. The number of carbonyl (C=O) groups excluding carboxylic acids is 2. The molecule has 3 rings (SSSR count). The Labute approximate surface area is 166 Å². The first-order chi connectivity index (χ1) is 13.5. The molecular formula is C19H22N4O4S. The van der Waals surface area contributed by atoms with Gasteiger partial charge < -0.3 is 14.0 Å². The molecular weight excluding hydrogens is 380 g/mol. The Hall–Kier alpha value is -2.78. The Morgan fingerprint density at radius 1 is 1.32 bits per heavy atom. The van der Waals surface area contributed by atoms with E-state index in [9.17, 15) is 9.59 Å². The van der Waals surface area contributed by atoms with Gasteiger partial charge in [-0.3, -0.25) is 9.48 Å². The Bertz CT molecular complexity index is 1070. The molecule has 0 aliphatic rings. The number of ether oxygens (including phenoxy) is 2. The average molecular weight is 402 g/mol. The van der Waals surface area contributed by atoms with Gasteiger partial charge in [0.15, 0.2) is 4.80 Å². The summed E-state index contributed by atoms with van der Waals surface area (Å²) in [4.78, 5) is 29.6. The van der Waals surface area contributed by atoms with Gasteiger partial charge in [0.05, 0.1) is 35.2 Å². The second kappa shape index (κ2) is 8.49. The quantitative estimate of drug-likeness (QED) is 0.591. The van der Waals surface area contributed by atoms with Gasteiger partial charge in [0, 0.05) is 26.3 Å². The maximum absolute atomic E-state index is 12.7. The van der Waals surface area contributed by atoms with Crippen molar-refractivity contribution in [3.63, 3.8) is 0 Å². The zero-order valence-electron chi connectivity index (χ0n) is 16.3. The van der Waals surface area contributed by atoms with Gasteiger partial charge in [-0.2, -0.15) is 10.1 Å². The Morgan fingerprint density at radius 3 is 2.75 bits per heavy atom. The number of amides is 1. The molecule has 0 saturated heterocycles. The van der Waals surface area contributed by atoms with Crippen molar-refractivity contribution < 1.29 is 19.1 Å². The Balaban J connectivity index is 2.11. The number of fused-ring (bicyclic) bond motifs is 1. The van der Waals surface area contributed by atoms with Crippen molar-refractivity contribution in [1.29, 1.82) is 0 Å². The number of hydrogen-bond donors (Lipinski definition) is 0. The number of nitrogens with zero attached hydrogens (tertiary/aromatic N) is 4. The number of hydrogen-bond acceptors (Lipinski definition) is 6. The fourth-order valence-corrected chi connectivity index (χ4v) is 3.99. The van der Waals surface area contributed by atoms with Crippen LogP contribution in [-0.4, -0.2) is 46.5 Å². The van der Waals surface area contributed by atoms with Crippen molar-refractivity contribution in [2.45, 2.75) is 20.4 Å². The molecule has 1 amide bonds. The van der Waals surface area contributed by atoms with Gasteiger partial charge in [0.1, 0.15) is 5.69 Å². The summed E-state index contributed by atoms with van der Waals surface area (Å²) in [5.41, 5.74) is 2.56. The van der Waals surface area contributed by atoms with Crippen LogP contribution < -0.4 is 4.80 Å². The molecule has 0 atom stereocenters. The maximum Gasteiger partial charge on any atom is 0.338 e. The minimum Gasteiger partial charge on any atom is -0.462 e. The van der Waals surface area contributed by atoms with E-state index >= 15 is 0 Å². The largest absolute Gasteiger partial charge is 0.462 e. The number of thiazole rings is 1. The summed E-state index contributed by atoms with van der Waals surface area (Å²) in [6, 6.07) is 5.32. The number of benzene rings is 1. The van der Waals surface area contributed by atoms with Gasteiger partial charge in [-0.1, -0.05) is 11.3 Å².